The molecule has 5 nitrogen and oxygen atoms in total. The van der Waals surface area contributed by atoms with E-state index in [4.69, 9.17) is 4.74 Å². The van der Waals surface area contributed by atoms with Crippen LogP contribution in [0.1, 0.15) is 42.7 Å². The molecule has 0 amide bonds. The van der Waals surface area contributed by atoms with Crippen molar-refractivity contribution in [3.8, 4) is 0 Å². The van der Waals surface area contributed by atoms with Gasteiger partial charge in [-0.05, 0) is 61.0 Å². The number of fused-ring (bicyclic) bond motifs is 3. The van der Waals surface area contributed by atoms with Gasteiger partial charge in [0.2, 0.25) is 0 Å². The number of carbonyl (C=O) groups is 1. The van der Waals surface area contributed by atoms with Gasteiger partial charge in [-0.3, -0.25) is 4.90 Å². The zero-order chi connectivity index (χ0) is 23.9. The van der Waals surface area contributed by atoms with Crippen LogP contribution < -0.4 is 0 Å². The van der Waals surface area contributed by atoms with Gasteiger partial charge in [0.15, 0.2) is 0 Å². The highest BCUT2D eigenvalue weighted by Crippen LogP contribution is 2.33. The smallest absolute Gasteiger partial charge is 0.330 e. The first kappa shape index (κ1) is 24.2. The number of benzene rings is 2. The van der Waals surface area contributed by atoms with E-state index in [1.54, 1.807) is 0 Å². The van der Waals surface area contributed by atoms with Crippen LogP contribution in [0.2, 0.25) is 0 Å². The lowest BCUT2D eigenvalue weighted by molar-refractivity contribution is -0.134. The van der Waals surface area contributed by atoms with E-state index >= 15 is 0 Å². The third-order valence-electron chi connectivity index (χ3n) is 6.97. The Kier molecular flexibility index (Phi) is 8.20. The number of aromatic nitrogens is 1. The topological polar surface area (TPSA) is 37.7 Å². The second kappa shape index (κ2) is 11.5. The van der Waals surface area contributed by atoms with E-state index < -0.39 is 0 Å². The Morgan fingerprint density at radius 1 is 1.12 bits per heavy atom. The zero-order valence-electron chi connectivity index (χ0n) is 20.8. The van der Waals surface area contributed by atoms with Crippen molar-refractivity contribution >= 4 is 22.9 Å². The number of rotatable bonds is 10. The van der Waals surface area contributed by atoms with Gasteiger partial charge in [0.05, 0.1) is 7.11 Å². The standard InChI is InChI=1S/C29H37N3O2/c1-4-30(5-2)17-9-18-32-27-14-12-23(13-15-29(33)34-3)20-25(27)26-22-31(19-16-28(26)32)21-24-10-7-6-8-11-24/h6-8,10-15,20H,4-5,9,16-19,21-22H2,1-3H3/b15-13+. The second-order valence-corrected chi connectivity index (χ2v) is 9.04. The SMILES string of the molecule is CCN(CC)CCCn1c2c(c3cc(/C=C/C(=O)OC)ccc31)CN(Cc1ccccc1)CC2. The van der Waals surface area contributed by atoms with Gasteiger partial charge in [-0.2, -0.15) is 0 Å². The summed E-state index contributed by atoms with van der Waals surface area (Å²) in [6.45, 7) is 11.8. The first-order valence-electron chi connectivity index (χ1n) is 12.5. The molecule has 0 aliphatic carbocycles. The summed E-state index contributed by atoms with van der Waals surface area (Å²) in [7, 11) is 1.41. The molecule has 180 valence electrons. The van der Waals surface area contributed by atoms with Crippen molar-refractivity contribution in [2.75, 3.05) is 33.3 Å². The Labute approximate surface area is 203 Å². The lowest BCUT2D eigenvalue weighted by atomic mass is 10.0. The maximum atomic E-state index is 11.6. The Morgan fingerprint density at radius 3 is 2.65 bits per heavy atom. The van der Waals surface area contributed by atoms with Crippen molar-refractivity contribution in [2.45, 2.75) is 46.3 Å². The van der Waals surface area contributed by atoms with Crippen LogP contribution in [0.4, 0.5) is 0 Å². The van der Waals surface area contributed by atoms with Crippen LogP contribution in [0.25, 0.3) is 17.0 Å². The van der Waals surface area contributed by atoms with E-state index in [1.807, 2.05) is 6.08 Å². The van der Waals surface area contributed by atoms with Gasteiger partial charge in [-0.25, -0.2) is 4.79 Å². The number of esters is 1. The predicted molar refractivity (Wildman–Crippen MR) is 140 cm³/mol. The van der Waals surface area contributed by atoms with Gasteiger partial charge < -0.3 is 14.2 Å². The fourth-order valence-corrected chi connectivity index (χ4v) is 5.08. The van der Waals surface area contributed by atoms with Crippen molar-refractivity contribution in [2.24, 2.45) is 0 Å². The number of hydrogen-bond donors (Lipinski definition) is 0. The molecule has 0 atom stereocenters. The number of ether oxygens (including phenoxy) is 1. The average Bonchev–Trinajstić information content (AvgIpc) is 3.18. The quantitative estimate of drug-likeness (QED) is 0.312. The molecule has 0 bridgehead atoms. The molecule has 2 aromatic carbocycles. The summed E-state index contributed by atoms with van der Waals surface area (Å²) in [5.41, 5.74) is 6.61. The molecule has 0 fully saturated rings. The minimum atomic E-state index is -0.329. The van der Waals surface area contributed by atoms with Crippen molar-refractivity contribution < 1.29 is 9.53 Å². The number of aryl methyl sites for hydroxylation is 1. The number of hydrogen-bond acceptors (Lipinski definition) is 4. The van der Waals surface area contributed by atoms with Gasteiger partial charge in [0.1, 0.15) is 0 Å². The third-order valence-corrected chi connectivity index (χ3v) is 6.97. The summed E-state index contributed by atoms with van der Waals surface area (Å²) in [4.78, 5) is 16.6. The summed E-state index contributed by atoms with van der Waals surface area (Å²) >= 11 is 0. The van der Waals surface area contributed by atoms with Gasteiger partial charge in [-0.1, -0.05) is 50.2 Å². The minimum Gasteiger partial charge on any atom is -0.466 e. The van der Waals surface area contributed by atoms with E-state index in [2.05, 4.69) is 76.7 Å². The van der Waals surface area contributed by atoms with Crippen LogP contribution in [-0.4, -0.2) is 53.6 Å². The fourth-order valence-electron chi connectivity index (χ4n) is 5.08. The van der Waals surface area contributed by atoms with Crippen LogP contribution in [0.3, 0.4) is 0 Å². The summed E-state index contributed by atoms with van der Waals surface area (Å²) < 4.78 is 7.32. The summed E-state index contributed by atoms with van der Waals surface area (Å²) in [6.07, 6.45) is 5.56. The normalized spacial score (nSPS) is 14.2. The molecule has 0 saturated carbocycles. The molecule has 2 heterocycles. The molecule has 0 N–H and O–H groups in total. The van der Waals surface area contributed by atoms with E-state index in [1.165, 1.54) is 40.9 Å². The maximum absolute atomic E-state index is 11.6. The third kappa shape index (κ3) is 5.60. The monoisotopic (exact) mass is 459 g/mol. The lowest BCUT2D eigenvalue weighted by Crippen LogP contribution is -2.31. The van der Waals surface area contributed by atoms with Crippen molar-refractivity contribution in [1.82, 2.24) is 14.4 Å². The lowest BCUT2D eigenvalue weighted by Gasteiger charge is -2.28. The van der Waals surface area contributed by atoms with Crippen LogP contribution in [0, 0.1) is 0 Å². The Hall–Kier alpha value is -2.89. The number of methoxy groups -OCH3 is 1. The highest BCUT2D eigenvalue weighted by molar-refractivity contribution is 5.91. The summed E-state index contributed by atoms with van der Waals surface area (Å²) in [5, 5.41) is 1.31. The number of nitrogens with zero attached hydrogens (tertiary/aromatic N) is 3. The molecule has 1 aromatic heterocycles. The first-order chi connectivity index (χ1) is 16.6. The van der Waals surface area contributed by atoms with Gasteiger partial charge in [0, 0.05) is 55.3 Å². The average molecular weight is 460 g/mol. The molecular weight excluding hydrogens is 422 g/mol. The minimum absolute atomic E-state index is 0.329. The zero-order valence-corrected chi connectivity index (χ0v) is 20.8. The molecule has 1 aliphatic rings. The molecule has 5 heteroatoms. The Bertz CT molecular complexity index is 1130. The highest BCUT2D eigenvalue weighted by Gasteiger charge is 2.24. The van der Waals surface area contributed by atoms with E-state index in [0.29, 0.717) is 0 Å². The summed E-state index contributed by atoms with van der Waals surface area (Å²) in [5.74, 6) is -0.329. The van der Waals surface area contributed by atoms with Crippen molar-refractivity contribution in [3.63, 3.8) is 0 Å². The predicted octanol–water partition coefficient (Wildman–Crippen LogP) is 5.12. The van der Waals surface area contributed by atoms with Gasteiger partial charge in [0.25, 0.3) is 0 Å². The molecule has 0 radical (unpaired) electrons. The fraction of sp³-hybridized carbons (Fsp3) is 0.414. The molecule has 3 aromatic rings. The summed E-state index contributed by atoms with van der Waals surface area (Å²) in [6, 6.07) is 17.3. The van der Waals surface area contributed by atoms with Crippen LogP contribution in [0.15, 0.2) is 54.6 Å². The van der Waals surface area contributed by atoms with Crippen molar-refractivity contribution in [1.29, 1.82) is 0 Å². The van der Waals surface area contributed by atoms with Crippen LogP contribution >= 0.6 is 0 Å². The first-order valence-corrected chi connectivity index (χ1v) is 12.5. The molecule has 34 heavy (non-hydrogen) atoms. The van der Waals surface area contributed by atoms with Crippen LogP contribution in [-0.2, 0) is 35.6 Å². The van der Waals surface area contributed by atoms with Gasteiger partial charge >= 0.3 is 5.97 Å². The number of carbonyl (C=O) groups excluding carboxylic acids is 1. The molecule has 4 rings (SSSR count). The maximum Gasteiger partial charge on any atom is 0.330 e. The highest BCUT2D eigenvalue weighted by atomic mass is 16.5. The van der Waals surface area contributed by atoms with E-state index in [9.17, 15) is 4.79 Å². The van der Waals surface area contributed by atoms with Crippen molar-refractivity contribution in [3.05, 3.63) is 77.0 Å². The van der Waals surface area contributed by atoms with E-state index in [-0.39, 0.29) is 5.97 Å². The second-order valence-electron chi connectivity index (χ2n) is 9.04. The molecule has 0 spiro atoms. The molecule has 0 unspecified atom stereocenters. The Balaban J connectivity index is 1.64. The Morgan fingerprint density at radius 2 is 1.91 bits per heavy atom. The molecular formula is C29H37N3O2. The largest absolute Gasteiger partial charge is 0.466 e. The van der Waals surface area contributed by atoms with Crippen LogP contribution in [0.5, 0.6) is 0 Å². The van der Waals surface area contributed by atoms with E-state index in [0.717, 1.165) is 64.2 Å². The molecule has 0 saturated heterocycles. The van der Waals surface area contributed by atoms with Gasteiger partial charge in [-0.15, -0.1) is 0 Å². The molecule has 1 aliphatic heterocycles.